The molecule has 0 aromatic heterocycles. The number of carbonyl (C=O) groups excluding carboxylic acids is 2. The minimum Gasteiger partial charge on any atom is -0.352 e. The lowest BCUT2D eigenvalue weighted by Crippen LogP contribution is -2.33. The predicted molar refractivity (Wildman–Crippen MR) is 107 cm³/mol. The summed E-state index contributed by atoms with van der Waals surface area (Å²) in [5.74, 6) is 0.708. The topological polar surface area (TPSA) is 73.5 Å². The molecule has 0 saturated carbocycles. The van der Waals surface area contributed by atoms with Crippen LogP contribution in [0.5, 0.6) is 0 Å². The molecule has 2 amide bonds. The van der Waals surface area contributed by atoms with Gasteiger partial charge >= 0.3 is 0 Å². The van der Waals surface area contributed by atoms with Crippen LogP contribution in [0.3, 0.4) is 0 Å². The molecule has 0 aliphatic carbocycles. The van der Waals surface area contributed by atoms with Crippen LogP contribution in [0, 0.1) is 5.92 Å². The number of likely N-dealkylation sites (tertiary alicyclic amines) is 1. The monoisotopic (exact) mass is 372 g/mol. The van der Waals surface area contributed by atoms with Gasteiger partial charge in [-0.1, -0.05) is 12.1 Å². The summed E-state index contributed by atoms with van der Waals surface area (Å²) >= 11 is 0. The van der Waals surface area contributed by atoms with Gasteiger partial charge in [0.05, 0.1) is 0 Å². The van der Waals surface area contributed by atoms with Gasteiger partial charge in [-0.3, -0.25) is 9.59 Å². The van der Waals surface area contributed by atoms with Crippen LogP contribution in [0.25, 0.3) is 0 Å². The van der Waals surface area contributed by atoms with E-state index in [0.717, 1.165) is 44.7 Å². The molecule has 1 aromatic carbocycles. The van der Waals surface area contributed by atoms with E-state index in [1.54, 1.807) is 0 Å². The van der Waals surface area contributed by atoms with Crippen LogP contribution in [0.2, 0.25) is 0 Å². The summed E-state index contributed by atoms with van der Waals surface area (Å²) in [6, 6.07) is 7.49. The molecule has 1 unspecified atom stereocenters. The van der Waals surface area contributed by atoms with Crippen LogP contribution in [-0.2, 0) is 11.3 Å². The van der Waals surface area contributed by atoms with E-state index in [1.165, 1.54) is 19.3 Å². The Hall–Kier alpha value is -1.92. The van der Waals surface area contributed by atoms with Gasteiger partial charge in [0.25, 0.3) is 5.91 Å². The van der Waals surface area contributed by atoms with E-state index in [4.69, 9.17) is 0 Å². The summed E-state index contributed by atoms with van der Waals surface area (Å²) in [5, 5.41) is 9.28. The first kappa shape index (κ1) is 19.8. The van der Waals surface area contributed by atoms with Crippen molar-refractivity contribution in [3.8, 4) is 0 Å². The molecular weight excluding hydrogens is 340 g/mol. The molecule has 0 spiro atoms. The van der Waals surface area contributed by atoms with Gasteiger partial charge in [-0.2, -0.15) is 0 Å². The highest BCUT2D eigenvalue weighted by Crippen LogP contribution is 2.14. The summed E-state index contributed by atoms with van der Waals surface area (Å²) in [5.41, 5.74) is 1.68. The van der Waals surface area contributed by atoms with Crippen LogP contribution in [0.15, 0.2) is 24.3 Å². The van der Waals surface area contributed by atoms with E-state index < -0.39 is 0 Å². The van der Waals surface area contributed by atoms with Crippen LogP contribution in [0.1, 0.15) is 48.0 Å². The van der Waals surface area contributed by atoms with Crippen molar-refractivity contribution in [1.29, 1.82) is 0 Å². The van der Waals surface area contributed by atoms with Crippen molar-refractivity contribution in [3.63, 3.8) is 0 Å². The fourth-order valence-electron chi connectivity index (χ4n) is 3.79. The Bertz CT molecular complexity index is 605. The molecule has 2 aliphatic rings. The SMILES string of the molecule is O=C(CCC1CCNC1)NCc1ccc(C(=O)NCCN2CCCC2)cc1. The maximum Gasteiger partial charge on any atom is 0.251 e. The van der Waals surface area contributed by atoms with Gasteiger partial charge in [0.15, 0.2) is 0 Å². The molecule has 2 fully saturated rings. The smallest absolute Gasteiger partial charge is 0.251 e. The Balaban J connectivity index is 1.33. The minimum atomic E-state index is -0.0324. The summed E-state index contributed by atoms with van der Waals surface area (Å²) in [6.45, 7) is 6.53. The lowest BCUT2D eigenvalue weighted by Gasteiger charge is -2.14. The average molecular weight is 373 g/mol. The van der Waals surface area contributed by atoms with Crippen molar-refractivity contribution in [1.82, 2.24) is 20.9 Å². The Morgan fingerprint density at radius 2 is 1.89 bits per heavy atom. The zero-order valence-corrected chi connectivity index (χ0v) is 16.1. The van der Waals surface area contributed by atoms with Crippen molar-refractivity contribution in [2.45, 2.75) is 38.6 Å². The molecule has 1 atom stereocenters. The van der Waals surface area contributed by atoms with Gasteiger partial charge in [0.2, 0.25) is 5.91 Å². The molecule has 3 N–H and O–H groups in total. The van der Waals surface area contributed by atoms with E-state index in [0.29, 0.717) is 31.0 Å². The van der Waals surface area contributed by atoms with E-state index in [-0.39, 0.29) is 11.8 Å². The Morgan fingerprint density at radius 3 is 2.59 bits per heavy atom. The van der Waals surface area contributed by atoms with Gasteiger partial charge in [0.1, 0.15) is 0 Å². The van der Waals surface area contributed by atoms with Crippen molar-refractivity contribution in [3.05, 3.63) is 35.4 Å². The number of nitrogens with one attached hydrogen (secondary N) is 3. The van der Waals surface area contributed by atoms with Crippen LogP contribution < -0.4 is 16.0 Å². The Kier molecular flexibility index (Phi) is 7.66. The van der Waals surface area contributed by atoms with Gasteiger partial charge < -0.3 is 20.9 Å². The summed E-state index contributed by atoms with van der Waals surface area (Å²) in [7, 11) is 0. The normalized spacial score (nSPS) is 19.9. The van der Waals surface area contributed by atoms with Crippen molar-refractivity contribution < 1.29 is 9.59 Å². The lowest BCUT2D eigenvalue weighted by molar-refractivity contribution is -0.121. The van der Waals surface area contributed by atoms with Crippen LogP contribution in [0.4, 0.5) is 0 Å². The Labute approximate surface area is 162 Å². The molecule has 27 heavy (non-hydrogen) atoms. The zero-order valence-electron chi connectivity index (χ0n) is 16.1. The van der Waals surface area contributed by atoms with Crippen molar-refractivity contribution in [2.24, 2.45) is 5.92 Å². The molecule has 6 heteroatoms. The molecule has 2 saturated heterocycles. The molecule has 2 heterocycles. The van der Waals surface area contributed by atoms with E-state index in [1.807, 2.05) is 24.3 Å². The first-order chi connectivity index (χ1) is 13.2. The van der Waals surface area contributed by atoms with Gasteiger partial charge in [-0.25, -0.2) is 0 Å². The molecule has 0 bridgehead atoms. The quantitative estimate of drug-likeness (QED) is 0.614. The summed E-state index contributed by atoms with van der Waals surface area (Å²) < 4.78 is 0. The van der Waals surface area contributed by atoms with Gasteiger partial charge in [-0.15, -0.1) is 0 Å². The third-order valence-electron chi connectivity index (χ3n) is 5.56. The molecule has 1 aromatic rings. The second kappa shape index (κ2) is 10.4. The van der Waals surface area contributed by atoms with E-state index in [2.05, 4.69) is 20.9 Å². The first-order valence-corrected chi connectivity index (χ1v) is 10.3. The largest absolute Gasteiger partial charge is 0.352 e. The predicted octanol–water partition coefficient (Wildman–Crippen LogP) is 1.52. The fraction of sp³-hybridized carbons (Fsp3) is 0.619. The zero-order chi connectivity index (χ0) is 18.9. The van der Waals surface area contributed by atoms with E-state index in [9.17, 15) is 9.59 Å². The molecule has 2 aliphatic heterocycles. The number of hydrogen-bond donors (Lipinski definition) is 3. The second-order valence-corrected chi connectivity index (χ2v) is 7.68. The number of carbonyl (C=O) groups is 2. The van der Waals surface area contributed by atoms with Crippen molar-refractivity contribution >= 4 is 11.8 Å². The highest BCUT2D eigenvalue weighted by atomic mass is 16.2. The molecule has 6 nitrogen and oxygen atoms in total. The average Bonchev–Trinajstić information content (AvgIpc) is 3.39. The van der Waals surface area contributed by atoms with Crippen LogP contribution in [-0.4, -0.2) is 56.0 Å². The van der Waals surface area contributed by atoms with Crippen molar-refractivity contribution in [2.75, 3.05) is 39.3 Å². The highest BCUT2D eigenvalue weighted by Gasteiger charge is 2.15. The standard InChI is InChI=1S/C21H32N4O2/c26-20(8-5-18-9-10-22-15-18)24-16-17-3-6-19(7-4-17)21(27)23-11-14-25-12-1-2-13-25/h3-4,6-7,18,22H,1-2,5,8-16H2,(H,23,27)(H,24,26). The molecule has 3 rings (SSSR count). The highest BCUT2D eigenvalue weighted by molar-refractivity contribution is 5.94. The third-order valence-corrected chi connectivity index (χ3v) is 5.56. The van der Waals surface area contributed by atoms with Gasteiger partial charge in [-0.05, 0) is 75.5 Å². The maximum absolute atomic E-state index is 12.2. The van der Waals surface area contributed by atoms with Crippen LogP contribution >= 0.6 is 0 Å². The number of amides is 2. The molecule has 148 valence electrons. The molecule has 0 radical (unpaired) electrons. The maximum atomic E-state index is 12.2. The number of nitrogens with zero attached hydrogens (tertiary/aromatic N) is 1. The Morgan fingerprint density at radius 1 is 1.11 bits per heavy atom. The lowest BCUT2D eigenvalue weighted by atomic mass is 10.0. The number of rotatable bonds is 9. The first-order valence-electron chi connectivity index (χ1n) is 10.3. The summed E-state index contributed by atoms with van der Waals surface area (Å²) in [4.78, 5) is 26.6. The molecular formula is C21H32N4O2. The summed E-state index contributed by atoms with van der Waals surface area (Å²) in [6.07, 6.45) is 5.25. The van der Waals surface area contributed by atoms with E-state index >= 15 is 0 Å². The fourth-order valence-corrected chi connectivity index (χ4v) is 3.79. The number of benzene rings is 1. The second-order valence-electron chi connectivity index (χ2n) is 7.68. The minimum absolute atomic E-state index is 0.0324. The number of hydrogen-bond acceptors (Lipinski definition) is 4. The van der Waals surface area contributed by atoms with Gasteiger partial charge in [0, 0.05) is 31.6 Å². The third kappa shape index (κ3) is 6.63.